The molecule has 0 saturated carbocycles. The fraction of sp³-hybridized carbons (Fsp3) is 0.353. The quantitative estimate of drug-likeness (QED) is 0.856. The number of carbonyl (C=O) groups excluding carboxylic acids is 1. The molecule has 2 aromatic rings. The van der Waals surface area contributed by atoms with Crippen LogP contribution in [0.5, 0.6) is 0 Å². The largest absolute Gasteiger partial charge is 0.354 e. The van der Waals surface area contributed by atoms with Gasteiger partial charge in [0, 0.05) is 19.6 Å². The van der Waals surface area contributed by atoms with Gasteiger partial charge in [-0.1, -0.05) is 30.3 Å². The average Bonchev–Trinajstić information content (AvgIpc) is 2.94. The molecule has 8 heteroatoms. The van der Waals surface area contributed by atoms with E-state index in [1.807, 2.05) is 42.3 Å². The Hall–Kier alpha value is -2.48. The molecule has 1 saturated heterocycles. The first-order valence-corrected chi connectivity index (χ1v) is 9.85. The van der Waals surface area contributed by atoms with Crippen molar-refractivity contribution in [3.8, 4) is 0 Å². The highest BCUT2D eigenvalue weighted by Gasteiger charge is 2.29. The van der Waals surface area contributed by atoms with Gasteiger partial charge in [-0.25, -0.2) is 8.42 Å². The summed E-state index contributed by atoms with van der Waals surface area (Å²) < 4.78 is 22.9. The summed E-state index contributed by atoms with van der Waals surface area (Å²) in [6.07, 6.45) is 0.444. The van der Waals surface area contributed by atoms with E-state index < -0.39 is 15.7 Å². The Morgan fingerprint density at radius 3 is 2.56 bits per heavy atom. The molecule has 1 aromatic carbocycles. The highest BCUT2D eigenvalue weighted by atomic mass is 32.2. The van der Waals surface area contributed by atoms with E-state index in [1.54, 1.807) is 12.1 Å². The fourth-order valence-electron chi connectivity index (χ4n) is 2.76. The number of nitrogens with one attached hydrogen (secondary N) is 1. The van der Waals surface area contributed by atoms with Crippen molar-refractivity contribution in [1.29, 1.82) is 0 Å². The maximum Gasteiger partial charge on any atom is 0.272 e. The zero-order valence-electron chi connectivity index (χ0n) is 13.9. The maximum atomic E-state index is 12.2. The first-order chi connectivity index (χ1) is 11.9. The SMILES string of the molecule is CN(Cc1ccccc1)c1ccc(C(=O)NC2CCS(=O)(=O)C2)nn1. The molecule has 0 radical (unpaired) electrons. The number of carbonyl (C=O) groups is 1. The summed E-state index contributed by atoms with van der Waals surface area (Å²) in [4.78, 5) is 14.1. The molecule has 2 heterocycles. The Kier molecular flexibility index (Phi) is 4.98. The van der Waals surface area contributed by atoms with Gasteiger partial charge in [0.1, 0.15) is 0 Å². The van der Waals surface area contributed by atoms with Crippen molar-refractivity contribution in [2.24, 2.45) is 0 Å². The number of rotatable bonds is 5. The van der Waals surface area contributed by atoms with E-state index in [-0.39, 0.29) is 23.2 Å². The van der Waals surface area contributed by atoms with Gasteiger partial charge in [-0.05, 0) is 24.1 Å². The maximum absolute atomic E-state index is 12.2. The summed E-state index contributed by atoms with van der Waals surface area (Å²) in [6.45, 7) is 0.682. The molecular formula is C17H20N4O3S. The van der Waals surface area contributed by atoms with E-state index in [1.165, 1.54) is 0 Å². The highest BCUT2D eigenvalue weighted by molar-refractivity contribution is 7.91. The summed E-state index contributed by atoms with van der Waals surface area (Å²) in [7, 11) is -1.13. The number of anilines is 1. The Bertz CT molecular complexity index is 838. The van der Waals surface area contributed by atoms with E-state index in [2.05, 4.69) is 15.5 Å². The first kappa shape index (κ1) is 17.3. The second kappa shape index (κ2) is 7.18. The molecule has 1 N–H and O–H groups in total. The molecule has 0 spiro atoms. The predicted octanol–water partition coefficient (Wildman–Crippen LogP) is 1.03. The number of sulfone groups is 1. The zero-order valence-corrected chi connectivity index (χ0v) is 14.7. The molecular weight excluding hydrogens is 340 g/mol. The molecule has 1 amide bonds. The van der Waals surface area contributed by atoms with Crippen LogP contribution in [0.2, 0.25) is 0 Å². The number of hydrogen-bond donors (Lipinski definition) is 1. The zero-order chi connectivity index (χ0) is 17.9. The summed E-state index contributed by atoms with van der Waals surface area (Å²) >= 11 is 0. The van der Waals surface area contributed by atoms with Crippen LogP contribution < -0.4 is 10.2 Å². The van der Waals surface area contributed by atoms with E-state index in [0.29, 0.717) is 18.8 Å². The van der Waals surface area contributed by atoms with Crippen molar-refractivity contribution in [3.63, 3.8) is 0 Å². The van der Waals surface area contributed by atoms with E-state index in [0.717, 1.165) is 5.56 Å². The highest BCUT2D eigenvalue weighted by Crippen LogP contribution is 2.14. The van der Waals surface area contributed by atoms with Crippen LogP contribution in [0.15, 0.2) is 42.5 Å². The van der Waals surface area contributed by atoms with Gasteiger partial charge in [0.25, 0.3) is 5.91 Å². The van der Waals surface area contributed by atoms with Gasteiger partial charge in [-0.2, -0.15) is 0 Å². The second-order valence-electron chi connectivity index (χ2n) is 6.19. The van der Waals surface area contributed by atoms with Gasteiger partial charge < -0.3 is 10.2 Å². The van der Waals surface area contributed by atoms with Crippen molar-refractivity contribution < 1.29 is 13.2 Å². The molecule has 1 aromatic heterocycles. The molecule has 1 unspecified atom stereocenters. The molecule has 25 heavy (non-hydrogen) atoms. The van der Waals surface area contributed by atoms with Crippen LogP contribution >= 0.6 is 0 Å². The minimum absolute atomic E-state index is 0.00986. The third-order valence-electron chi connectivity index (χ3n) is 4.10. The van der Waals surface area contributed by atoms with Gasteiger partial charge in [-0.3, -0.25) is 4.79 Å². The Morgan fingerprint density at radius 2 is 1.96 bits per heavy atom. The van der Waals surface area contributed by atoms with Gasteiger partial charge in [0.2, 0.25) is 0 Å². The van der Waals surface area contributed by atoms with Crippen LogP contribution in [-0.4, -0.2) is 49.1 Å². The number of hydrogen-bond acceptors (Lipinski definition) is 6. The molecule has 1 fully saturated rings. The third kappa shape index (κ3) is 4.54. The van der Waals surface area contributed by atoms with E-state index >= 15 is 0 Å². The molecule has 7 nitrogen and oxygen atoms in total. The lowest BCUT2D eigenvalue weighted by Crippen LogP contribution is -2.36. The average molecular weight is 360 g/mol. The molecule has 1 atom stereocenters. The molecule has 1 aliphatic heterocycles. The summed E-state index contributed by atoms with van der Waals surface area (Å²) in [5.41, 5.74) is 1.33. The second-order valence-corrected chi connectivity index (χ2v) is 8.42. The predicted molar refractivity (Wildman–Crippen MR) is 95.1 cm³/mol. The third-order valence-corrected chi connectivity index (χ3v) is 5.87. The fourth-order valence-corrected chi connectivity index (χ4v) is 4.43. The smallest absolute Gasteiger partial charge is 0.272 e. The van der Waals surface area contributed by atoms with Crippen LogP contribution in [-0.2, 0) is 16.4 Å². The van der Waals surface area contributed by atoms with Crippen LogP contribution in [0.1, 0.15) is 22.5 Å². The molecule has 0 bridgehead atoms. The van der Waals surface area contributed by atoms with Gasteiger partial charge in [0.05, 0.1) is 11.5 Å². The minimum atomic E-state index is -3.03. The van der Waals surface area contributed by atoms with Crippen LogP contribution in [0, 0.1) is 0 Å². The first-order valence-electron chi connectivity index (χ1n) is 8.03. The Balaban J connectivity index is 1.60. The Labute approximate surface area is 147 Å². The van der Waals surface area contributed by atoms with Crippen molar-refractivity contribution in [3.05, 3.63) is 53.7 Å². The standard InChI is InChI=1S/C17H20N4O3S/c1-21(11-13-5-3-2-4-6-13)16-8-7-15(19-20-16)17(22)18-14-9-10-25(23,24)12-14/h2-8,14H,9-12H2,1H3,(H,18,22). The Morgan fingerprint density at radius 1 is 1.20 bits per heavy atom. The van der Waals surface area contributed by atoms with Crippen molar-refractivity contribution in [2.45, 2.75) is 19.0 Å². The van der Waals surface area contributed by atoms with Gasteiger partial charge >= 0.3 is 0 Å². The summed E-state index contributed by atoms with van der Waals surface area (Å²) in [5.74, 6) is 0.368. The van der Waals surface area contributed by atoms with Gasteiger partial charge in [0.15, 0.2) is 21.3 Å². The summed E-state index contributed by atoms with van der Waals surface area (Å²) in [5, 5.41) is 10.8. The summed E-state index contributed by atoms with van der Waals surface area (Å²) in [6, 6.07) is 13.0. The van der Waals surface area contributed by atoms with Crippen LogP contribution in [0.3, 0.4) is 0 Å². The van der Waals surface area contributed by atoms with Crippen LogP contribution in [0.4, 0.5) is 5.82 Å². The molecule has 1 aliphatic rings. The number of nitrogens with zero attached hydrogens (tertiary/aromatic N) is 3. The topological polar surface area (TPSA) is 92.3 Å². The molecule has 132 valence electrons. The van der Waals surface area contributed by atoms with E-state index in [9.17, 15) is 13.2 Å². The van der Waals surface area contributed by atoms with Crippen molar-refractivity contribution >= 4 is 21.6 Å². The lowest BCUT2D eigenvalue weighted by Gasteiger charge is -2.17. The lowest BCUT2D eigenvalue weighted by molar-refractivity contribution is 0.0935. The van der Waals surface area contributed by atoms with Crippen molar-refractivity contribution in [1.82, 2.24) is 15.5 Å². The monoisotopic (exact) mass is 360 g/mol. The molecule has 3 rings (SSSR count). The number of aromatic nitrogens is 2. The van der Waals surface area contributed by atoms with Crippen molar-refractivity contribution in [2.75, 3.05) is 23.5 Å². The number of benzene rings is 1. The van der Waals surface area contributed by atoms with E-state index in [4.69, 9.17) is 0 Å². The number of amides is 1. The van der Waals surface area contributed by atoms with Crippen LogP contribution in [0.25, 0.3) is 0 Å². The lowest BCUT2D eigenvalue weighted by atomic mass is 10.2. The van der Waals surface area contributed by atoms with Gasteiger partial charge in [-0.15, -0.1) is 10.2 Å². The minimum Gasteiger partial charge on any atom is -0.354 e. The molecule has 0 aliphatic carbocycles. The normalized spacial score (nSPS) is 18.7.